The number of nitrogens with two attached hydrogens (primary N) is 1. The summed E-state index contributed by atoms with van der Waals surface area (Å²) in [5.74, 6) is -0.451. The molecule has 0 heterocycles. The van der Waals surface area contributed by atoms with Gasteiger partial charge in [-0.1, -0.05) is 24.6 Å². The lowest BCUT2D eigenvalue weighted by Gasteiger charge is -2.24. The van der Waals surface area contributed by atoms with Crippen molar-refractivity contribution in [1.29, 1.82) is 0 Å². The number of aliphatic hydroxyl groups is 1. The maximum atomic E-state index is 12.9. The molecular weight excluding hydrogens is 217 g/mol. The summed E-state index contributed by atoms with van der Waals surface area (Å²) < 4.78 is 12.9. The molecule has 0 aliphatic rings. The fraction of sp³-hybridized carbons (Fsp3) is 0.455. The number of halogens is 2. The molecule has 0 saturated carbocycles. The van der Waals surface area contributed by atoms with E-state index in [2.05, 4.69) is 0 Å². The smallest absolute Gasteiger partial charge is 0.141 e. The molecule has 1 aromatic carbocycles. The molecule has 2 nitrogen and oxygen atoms in total. The highest BCUT2D eigenvalue weighted by Crippen LogP contribution is 2.21. The van der Waals surface area contributed by atoms with Crippen LogP contribution in [0.2, 0.25) is 5.02 Å². The summed E-state index contributed by atoms with van der Waals surface area (Å²) in [4.78, 5) is 0. The average molecular weight is 232 g/mol. The first kappa shape index (κ1) is 12.4. The fourth-order valence-electron chi connectivity index (χ4n) is 1.37. The lowest BCUT2D eigenvalue weighted by molar-refractivity contribution is 0.0456. The van der Waals surface area contributed by atoms with Crippen molar-refractivity contribution in [3.8, 4) is 0 Å². The van der Waals surface area contributed by atoms with E-state index in [1.165, 1.54) is 12.1 Å². The normalized spacial score (nSPS) is 15.0. The van der Waals surface area contributed by atoms with Crippen molar-refractivity contribution in [1.82, 2.24) is 0 Å². The second-order valence-electron chi connectivity index (χ2n) is 3.71. The number of hydrogen-bond acceptors (Lipinski definition) is 2. The molecule has 0 fully saturated rings. The highest BCUT2D eigenvalue weighted by atomic mass is 35.5. The van der Waals surface area contributed by atoms with E-state index in [9.17, 15) is 9.50 Å². The molecule has 3 N–H and O–H groups in total. The monoisotopic (exact) mass is 231 g/mol. The Kier molecular flexibility index (Phi) is 4.08. The van der Waals surface area contributed by atoms with E-state index in [-0.39, 0.29) is 11.6 Å². The van der Waals surface area contributed by atoms with Crippen molar-refractivity contribution in [2.45, 2.75) is 25.4 Å². The van der Waals surface area contributed by atoms with Gasteiger partial charge in [0.1, 0.15) is 5.82 Å². The van der Waals surface area contributed by atoms with Gasteiger partial charge in [-0.15, -0.1) is 0 Å². The van der Waals surface area contributed by atoms with Gasteiger partial charge in [0.25, 0.3) is 0 Å². The van der Waals surface area contributed by atoms with Crippen LogP contribution in [-0.4, -0.2) is 17.3 Å². The van der Waals surface area contributed by atoms with Crippen LogP contribution in [0.25, 0.3) is 0 Å². The topological polar surface area (TPSA) is 46.2 Å². The maximum absolute atomic E-state index is 12.9. The van der Waals surface area contributed by atoms with E-state index >= 15 is 0 Å². The zero-order chi connectivity index (χ0) is 11.5. The highest BCUT2D eigenvalue weighted by molar-refractivity contribution is 6.30. The largest absolute Gasteiger partial charge is 0.388 e. The lowest BCUT2D eigenvalue weighted by Crippen LogP contribution is -2.39. The molecule has 1 aromatic rings. The Morgan fingerprint density at radius 2 is 2.20 bits per heavy atom. The highest BCUT2D eigenvalue weighted by Gasteiger charge is 2.23. The summed E-state index contributed by atoms with van der Waals surface area (Å²) in [5, 5.41) is 10.1. The van der Waals surface area contributed by atoms with Crippen molar-refractivity contribution in [3.05, 3.63) is 34.6 Å². The van der Waals surface area contributed by atoms with Crippen LogP contribution in [-0.2, 0) is 6.42 Å². The zero-order valence-electron chi connectivity index (χ0n) is 8.63. The summed E-state index contributed by atoms with van der Waals surface area (Å²) >= 11 is 5.64. The van der Waals surface area contributed by atoms with Crippen molar-refractivity contribution < 1.29 is 9.50 Å². The van der Waals surface area contributed by atoms with Crippen LogP contribution in [0.4, 0.5) is 4.39 Å². The molecule has 1 rings (SSSR count). The maximum Gasteiger partial charge on any atom is 0.141 e. The van der Waals surface area contributed by atoms with Gasteiger partial charge in [0.15, 0.2) is 0 Å². The Labute approximate surface area is 93.9 Å². The summed E-state index contributed by atoms with van der Waals surface area (Å²) in [7, 11) is 0. The molecule has 84 valence electrons. The van der Waals surface area contributed by atoms with Gasteiger partial charge in [0.05, 0.1) is 10.6 Å². The summed E-state index contributed by atoms with van der Waals surface area (Å²) in [6, 6.07) is 4.43. The van der Waals surface area contributed by atoms with Crippen LogP contribution in [0.3, 0.4) is 0 Å². The Morgan fingerprint density at radius 1 is 1.53 bits per heavy atom. The number of benzene rings is 1. The van der Waals surface area contributed by atoms with Crippen molar-refractivity contribution in [3.63, 3.8) is 0 Å². The Hall–Kier alpha value is -0.640. The van der Waals surface area contributed by atoms with Crippen LogP contribution < -0.4 is 5.73 Å². The minimum absolute atomic E-state index is 0.0722. The zero-order valence-corrected chi connectivity index (χ0v) is 9.39. The third-order valence-electron chi connectivity index (χ3n) is 2.56. The van der Waals surface area contributed by atoms with Gasteiger partial charge in [-0.3, -0.25) is 0 Å². The second kappa shape index (κ2) is 4.92. The van der Waals surface area contributed by atoms with Crippen LogP contribution in [0.15, 0.2) is 18.2 Å². The summed E-state index contributed by atoms with van der Waals surface area (Å²) in [6.07, 6.45) is 0.943. The predicted molar refractivity (Wildman–Crippen MR) is 59.4 cm³/mol. The van der Waals surface area contributed by atoms with E-state index in [4.69, 9.17) is 17.3 Å². The summed E-state index contributed by atoms with van der Waals surface area (Å²) in [5.41, 5.74) is 5.34. The van der Waals surface area contributed by atoms with Gasteiger partial charge >= 0.3 is 0 Å². The van der Waals surface area contributed by atoms with Gasteiger partial charge in [0, 0.05) is 13.0 Å². The van der Waals surface area contributed by atoms with Crippen LogP contribution in [0, 0.1) is 5.82 Å². The number of hydrogen-bond donors (Lipinski definition) is 2. The van der Waals surface area contributed by atoms with Crippen LogP contribution in [0.5, 0.6) is 0 Å². The van der Waals surface area contributed by atoms with E-state index in [0.717, 1.165) is 5.56 Å². The van der Waals surface area contributed by atoms with Crippen LogP contribution in [0.1, 0.15) is 18.9 Å². The van der Waals surface area contributed by atoms with Crippen molar-refractivity contribution in [2.24, 2.45) is 5.73 Å². The molecule has 0 aliphatic carbocycles. The molecular formula is C11H15ClFNO. The summed E-state index contributed by atoms with van der Waals surface area (Å²) in [6.45, 7) is 2.04. The molecule has 1 atom stereocenters. The quantitative estimate of drug-likeness (QED) is 0.834. The van der Waals surface area contributed by atoms with Gasteiger partial charge < -0.3 is 10.8 Å². The average Bonchev–Trinajstić information content (AvgIpc) is 2.23. The second-order valence-corrected chi connectivity index (χ2v) is 4.11. The SMILES string of the molecule is CCC(O)(CN)Cc1ccc(F)c(Cl)c1. The predicted octanol–water partition coefficient (Wildman–Crippen LogP) is 2.12. The fourth-order valence-corrected chi connectivity index (χ4v) is 1.57. The first-order valence-electron chi connectivity index (χ1n) is 4.87. The van der Waals surface area contributed by atoms with E-state index in [1.54, 1.807) is 6.07 Å². The third-order valence-corrected chi connectivity index (χ3v) is 2.84. The Bertz CT molecular complexity index is 339. The molecule has 0 radical (unpaired) electrons. The van der Waals surface area contributed by atoms with Crippen LogP contribution >= 0.6 is 11.6 Å². The standard InChI is InChI=1S/C11H15ClFNO/c1-2-11(15,7-14)6-8-3-4-10(13)9(12)5-8/h3-5,15H,2,6-7,14H2,1H3. The molecule has 0 aromatic heterocycles. The van der Waals surface area contributed by atoms with E-state index in [1.807, 2.05) is 6.92 Å². The molecule has 0 bridgehead atoms. The lowest BCUT2D eigenvalue weighted by atomic mass is 9.92. The van der Waals surface area contributed by atoms with E-state index < -0.39 is 11.4 Å². The molecule has 0 amide bonds. The van der Waals surface area contributed by atoms with Crippen molar-refractivity contribution in [2.75, 3.05) is 6.54 Å². The molecule has 1 unspecified atom stereocenters. The van der Waals surface area contributed by atoms with Gasteiger partial charge in [0.2, 0.25) is 0 Å². The Morgan fingerprint density at radius 3 is 2.67 bits per heavy atom. The minimum Gasteiger partial charge on any atom is -0.388 e. The minimum atomic E-state index is -0.929. The first-order valence-corrected chi connectivity index (χ1v) is 5.25. The van der Waals surface area contributed by atoms with Crippen molar-refractivity contribution >= 4 is 11.6 Å². The van der Waals surface area contributed by atoms with Gasteiger partial charge in [-0.05, 0) is 24.1 Å². The number of rotatable bonds is 4. The first-order chi connectivity index (χ1) is 7.00. The molecule has 0 saturated heterocycles. The van der Waals surface area contributed by atoms with E-state index in [0.29, 0.717) is 12.8 Å². The molecule has 0 spiro atoms. The van der Waals surface area contributed by atoms with Gasteiger partial charge in [-0.2, -0.15) is 0 Å². The van der Waals surface area contributed by atoms with Gasteiger partial charge in [-0.25, -0.2) is 4.39 Å². The molecule has 4 heteroatoms. The molecule has 15 heavy (non-hydrogen) atoms. The third kappa shape index (κ3) is 3.16. The molecule has 0 aliphatic heterocycles. The Balaban J connectivity index is 2.85.